The zero-order valence-electron chi connectivity index (χ0n) is 16.5. The van der Waals surface area contributed by atoms with Gasteiger partial charge in [0.15, 0.2) is 17.3 Å². The quantitative estimate of drug-likeness (QED) is 0.541. The van der Waals surface area contributed by atoms with E-state index in [1.807, 2.05) is 43.4 Å². The van der Waals surface area contributed by atoms with Crippen molar-refractivity contribution in [2.75, 3.05) is 17.3 Å². The van der Waals surface area contributed by atoms with Gasteiger partial charge in [0.25, 0.3) is 5.91 Å². The van der Waals surface area contributed by atoms with Gasteiger partial charge >= 0.3 is 0 Å². The van der Waals surface area contributed by atoms with Crippen LogP contribution in [-0.2, 0) is 5.41 Å². The fourth-order valence-corrected chi connectivity index (χ4v) is 2.64. The molecule has 0 fully saturated rings. The third-order valence-corrected chi connectivity index (χ3v) is 4.27. The van der Waals surface area contributed by atoms with Crippen LogP contribution in [0.4, 0.5) is 11.6 Å². The van der Waals surface area contributed by atoms with E-state index in [1.165, 1.54) is 11.8 Å². The first kappa shape index (κ1) is 19.3. The van der Waals surface area contributed by atoms with Crippen molar-refractivity contribution < 1.29 is 4.79 Å². The summed E-state index contributed by atoms with van der Waals surface area (Å²) in [5.41, 5.74) is 2.44. The van der Waals surface area contributed by atoms with Crippen LogP contribution in [0.2, 0.25) is 0 Å². The second kappa shape index (κ2) is 7.64. The number of benzene rings is 1. The number of amides is 1. The molecule has 0 unspecified atom stereocenters. The largest absolute Gasteiger partial charge is 0.319 e. The average Bonchev–Trinajstić information content (AvgIpc) is 3.06. The van der Waals surface area contributed by atoms with Gasteiger partial charge in [-0.05, 0) is 35.2 Å². The number of rotatable bonds is 5. The van der Waals surface area contributed by atoms with Crippen LogP contribution >= 0.6 is 0 Å². The van der Waals surface area contributed by atoms with Crippen molar-refractivity contribution in [3.05, 3.63) is 66.5 Å². The van der Waals surface area contributed by atoms with Gasteiger partial charge < -0.3 is 10.2 Å². The Morgan fingerprint density at radius 2 is 1.93 bits per heavy atom. The Bertz CT molecular complexity index is 1030. The van der Waals surface area contributed by atoms with Crippen molar-refractivity contribution in [3.8, 4) is 0 Å². The van der Waals surface area contributed by atoms with E-state index in [0.29, 0.717) is 22.8 Å². The van der Waals surface area contributed by atoms with E-state index in [9.17, 15) is 4.79 Å². The minimum atomic E-state index is -0.209. The molecule has 0 aliphatic heterocycles. The van der Waals surface area contributed by atoms with Crippen LogP contribution in [0, 0.1) is 0 Å². The number of hydrogen-bond acceptors (Lipinski definition) is 4. The third kappa shape index (κ3) is 4.25. The molecule has 7 nitrogen and oxygen atoms in total. The number of hydrogen-bond donors (Lipinski definition) is 1. The number of nitrogens with zero attached hydrogens (tertiary/aromatic N) is 5. The van der Waals surface area contributed by atoms with Gasteiger partial charge in [-0.1, -0.05) is 39.5 Å². The molecule has 28 heavy (non-hydrogen) atoms. The summed E-state index contributed by atoms with van der Waals surface area (Å²) >= 11 is 0. The highest BCUT2D eigenvalue weighted by molar-refractivity contribution is 6.03. The first-order chi connectivity index (χ1) is 13.3. The Balaban J connectivity index is 1.77. The van der Waals surface area contributed by atoms with Crippen LogP contribution in [0.25, 0.3) is 5.65 Å². The summed E-state index contributed by atoms with van der Waals surface area (Å²) < 4.78 is 1.62. The van der Waals surface area contributed by atoms with Crippen molar-refractivity contribution in [2.45, 2.75) is 26.2 Å². The first-order valence-electron chi connectivity index (χ1n) is 8.93. The molecule has 144 valence electrons. The molecule has 2 aromatic heterocycles. The smallest absolute Gasteiger partial charge is 0.256 e. The summed E-state index contributed by atoms with van der Waals surface area (Å²) in [5.74, 6) is 0.919. The van der Waals surface area contributed by atoms with E-state index in [1.54, 1.807) is 22.0 Å². The molecule has 1 amide bonds. The highest BCUT2D eigenvalue weighted by Gasteiger charge is 2.15. The first-order valence-corrected chi connectivity index (χ1v) is 8.93. The summed E-state index contributed by atoms with van der Waals surface area (Å²) in [4.78, 5) is 22.7. The van der Waals surface area contributed by atoms with Gasteiger partial charge in [-0.3, -0.25) is 4.79 Å². The molecule has 0 bridgehead atoms. The lowest BCUT2D eigenvalue weighted by Crippen LogP contribution is -2.16. The van der Waals surface area contributed by atoms with Gasteiger partial charge in [-0.25, -0.2) is 14.5 Å². The zero-order chi connectivity index (χ0) is 20.3. The Kier molecular flexibility index (Phi) is 5.26. The molecule has 7 heteroatoms. The van der Waals surface area contributed by atoms with Gasteiger partial charge in [0, 0.05) is 18.8 Å². The molecule has 0 aliphatic carbocycles. The molecule has 3 aromatic rings. The molecular formula is C21H24N6O. The Morgan fingerprint density at radius 3 is 2.57 bits per heavy atom. The van der Waals surface area contributed by atoms with Crippen molar-refractivity contribution in [3.63, 3.8) is 0 Å². The van der Waals surface area contributed by atoms with Crippen molar-refractivity contribution >= 4 is 29.5 Å². The lowest BCUT2D eigenvalue weighted by Gasteiger charge is -2.18. The topological polar surface area (TPSA) is 74.9 Å². The van der Waals surface area contributed by atoms with E-state index in [4.69, 9.17) is 0 Å². The van der Waals surface area contributed by atoms with Crippen LogP contribution < -0.4 is 10.2 Å². The normalized spacial score (nSPS) is 11.7. The minimum absolute atomic E-state index is 0.0452. The Hall–Kier alpha value is -3.48. The van der Waals surface area contributed by atoms with E-state index < -0.39 is 0 Å². The maximum Gasteiger partial charge on any atom is 0.256 e. The SMILES string of the molecule is C=CN=CN(C)c1ccc2nc(NC(=O)c3ccc(C(C)(C)C)cc3)cn2n1. The number of carbonyl (C=O) groups is 1. The number of carbonyl (C=O) groups excluding carboxylic acids is 1. The summed E-state index contributed by atoms with van der Waals surface area (Å²) in [6.07, 6.45) is 4.74. The molecular weight excluding hydrogens is 352 g/mol. The van der Waals surface area contributed by atoms with Crippen LogP contribution in [0.1, 0.15) is 36.7 Å². The van der Waals surface area contributed by atoms with Crippen molar-refractivity contribution in [1.82, 2.24) is 14.6 Å². The number of aliphatic imine (C=N–C) groups is 1. The van der Waals surface area contributed by atoms with Gasteiger partial charge in [0.1, 0.15) is 0 Å². The van der Waals surface area contributed by atoms with Crippen LogP contribution in [0.15, 0.2) is 60.4 Å². The fraction of sp³-hybridized carbons (Fsp3) is 0.238. The maximum absolute atomic E-state index is 12.5. The van der Waals surface area contributed by atoms with E-state index >= 15 is 0 Å². The standard InChI is InChI=1S/C21H24N6O/c1-6-22-14-26(5)19-12-11-18-23-17(13-27(18)25-19)24-20(28)15-7-9-16(10-8-15)21(2,3)4/h6-14H,1H2,2-5H3,(H,24,28). The van der Waals surface area contributed by atoms with Crippen molar-refractivity contribution in [1.29, 1.82) is 0 Å². The number of aromatic nitrogens is 3. The molecule has 0 spiro atoms. The number of nitrogens with one attached hydrogen (secondary N) is 1. The average molecular weight is 376 g/mol. The highest BCUT2D eigenvalue weighted by atomic mass is 16.1. The lowest BCUT2D eigenvalue weighted by atomic mass is 9.87. The van der Waals surface area contributed by atoms with E-state index in [-0.39, 0.29) is 11.3 Å². The molecule has 1 N–H and O–H groups in total. The molecule has 0 aliphatic rings. The van der Waals surface area contributed by atoms with Gasteiger partial charge in [0.05, 0.1) is 12.5 Å². The highest BCUT2D eigenvalue weighted by Crippen LogP contribution is 2.22. The molecule has 2 heterocycles. The second-order valence-corrected chi connectivity index (χ2v) is 7.46. The van der Waals surface area contributed by atoms with Gasteiger partial charge in [-0.2, -0.15) is 0 Å². The lowest BCUT2D eigenvalue weighted by molar-refractivity contribution is 0.102. The maximum atomic E-state index is 12.5. The predicted octanol–water partition coefficient (Wildman–Crippen LogP) is 3.89. The summed E-state index contributed by atoms with van der Waals surface area (Å²) in [6, 6.07) is 11.3. The van der Waals surface area contributed by atoms with Crippen LogP contribution in [0.3, 0.4) is 0 Å². The van der Waals surface area contributed by atoms with Gasteiger partial charge in [0.2, 0.25) is 0 Å². The fourth-order valence-electron chi connectivity index (χ4n) is 2.64. The predicted molar refractivity (Wildman–Crippen MR) is 113 cm³/mol. The Morgan fingerprint density at radius 1 is 1.21 bits per heavy atom. The molecule has 0 radical (unpaired) electrons. The van der Waals surface area contributed by atoms with Crippen LogP contribution in [0.5, 0.6) is 0 Å². The molecule has 0 atom stereocenters. The number of fused-ring (bicyclic) bond motifs is 1. The van der Waals surface area contributed by atoms with Crippen LogP contribution in [-0.4, -0.2) is 33.9 Å². The van der Waals surface area contributed by atoms with E-state index in [2.05, 4.69) is 47.7 Å². The monoisotopic (exact) mass is 376 g/mol. The molecule has 3 rings (SSSR count). The van der Waals surface area contributed by atoms with Crippen molar-refractivity contribution in [2.24, 2.45) is 4.99 Å². The minimum Gasteiger partial charge on any atom is -0.319 e. The summed E-state index contributed by atoms with van der Waals surface area (Å²) in [6.45, 7) is 9.97. The Labute approximate surface area is 164 Å². The summed E-state index contributed by atoms with van der Waals surface area (Å²) in [5, 5.41) is 7.30. The van der Waals surface area contributed by atoms with E-state index in [0.717, 1.165) is 0 Å². The molecule has 0 saturated carbocycles. The number of anilines is 2. The van der Waals surface area contributed by atoms with Gasteiger partial charge in [-0.15, -0.1) is 5.10 Å². The second-order valence-electron chi connectivity index (χ2n) is 7.46. The zero-order valence-corrected chi connectivity index (χ0v) is 16.5. The molecule has 0 saturated heterocycles. The molecule has 1 aromatic carbocycles. The number of imidazole rings is 1. The summed E-state index contributed by atoms with van der Waals surface area (Å²) in [7, 11) is 1.84. The third-order valence-electron chi connectivity index (χ3n) is 4.27.